The van der Waals surface area contributed by atoms with Gasteiger partial charge in [0.2, 0.25) is 0 Å². The summed E-state index contributed by atoms with van der Waals surface area (Å²) in [4.78, 5) is 0. The molecule has 0 amide bonds. The molecule has 0 N–H and O–H groups in total. The van der Waals surface area contributed by atoms with Gasteiger partial charge in [0, 0.05) is 0 Å². The minimum absolute atomic E-state index is 0.509. The van der Waals surface area contributed by atoms with Crippen LogP contribution in [0.3, 0.4) is 0 Å². The van der Waals surface area contributed by atoms with Gasteiger partial charge in [-0.05, 0) is 110 Å². The zero-order chi connectivity index (χ0) is 21.0. The van der Waals surface area contributed by atoms with E-state index in [2.05, 4.69) is 54.5 Å². The van der Waals surface area contributed by atoms with Gasteiger partial charge in [-0.1, -0.05) is 73.0 Å². The molecule has 4 rings (SSSR count). The predicted octanol–water partition coefficient (Wildman–Crippen LogP) is 9.05. The lowest BCUT2D eigenvalue weighted by atomic mass is 9.44. The fourth-order valence-corrected chi connectivity index (χ4v) is 8.76. The lowest BCUT2D eigenvalue weighted by molar-refractivity contribution is -0.0777. The van der Waals surface area contributed by atoms with Crippen molar-refractivity contribution in [2.75, 3.05) is 0 Å². The van der Waals surface area contributed by atoms with Crippen molar-refractivity contribution in [1.29, 1.82) is 0 Å². The van der Waals surface area contributed by atoms with Crippen LogP contribution in [0, 0.1) is 51.8 Å². The van der Waals surface area contributed by atoms with Gasteiger partial charge in [0.1, 0.15) is 0 Å². The number of allylic oxidation sites excluding steroid dienone is 2. The first kappa shape index (κ1) is 22.0. The van der Waals surface area contributed by atoms with E-state index in [0.717, 1.165) is 35.5 Å². The molecule has 8 atom stereocenters. The maximum Gasteiger partial charge on any atom is -0.0143 e. The van der Waals surface area contributed by atoms with Crippen molar-refractivity contribution in [1.82, 2.24) is 0 Å². The average Bonchev–Trinajstić information content (AvgIpc) is 2.97. The normalized spacial score (nSPS) is 47.2. The predicted molar refractivity (Wildman–Crippen MR) is 127 cm³/mol. The molecular formula is C29H50. The highest BCUT2D eigenvalue weighted by molar-refractivity contribution is 5.25. The molecule has 0 aliphatic heterocycles. The van der Waals surface area contributed by atoms with Crippen molar-refractivity contribution in [3.05, 3.63) is 11.6 Å². The maximum atomic E-state index is 2.76. The Bertz CT molecular complexity index is 620. The van der Waals surface area contributed by atoms with Gasteiger partial charge in [-0.25, -0.2) is 0 Å². The molecule has 0 aromatic rings. The standard InChI is InChI=1S/C29H50/c1-20-11-14-24-23(21(20)2)13-16-26-25-15-12-22(10-8-9-17-27(3,4)5)28(25,6)18-19-29(24,26)7/h13,20-22,24-26H,8-12,14-19H2,1-7H3. The molecule has 166 valence electrons. The van der Waals surface area contributed by atoms with Gasteiger partial charge in [0.05, 0.1) is 0 Å². The zero-order valence-corrected chi connectivity index (χ0v) is 20.8. The lowest BCUT2D eigenvalue weighted by Crippen LogP contribution is -2.52. The van der Waals surface area contributed by atoms with Gasteiger partial charge in [0.25, 0.3) is 0 Å². The van der Waals surface area contributed by atoms with E-state index < -0.39 is 0 Å². The van der Waals surface area contributed by atoms with Crippen molar-refractivity contribution >= 4 is 0 Å². The van der Waals surface area contributed by atoms with Crippen LogP contribution in [0.5, 0.6) is 0 Å². The van der Waals surface area contributed by atoms with Crippen LogP contribution in [0.2, 0.25) is 0 Å². The molecule has 0 spiro atoms. The number of unbranched alkanes of at least 4 members (excludes halogenated alkanes) is 1. The number of fused-ring (bicyclic) bond motifs is 5. The molecule has 0 aromatic heterocycles. The third kappa shape index (κ3) is 3.78. The summed E-state index contributed by atoms with van der Waals surface area (Å²) in [5.41, 5.74) is 3.63. The Morgan fingerprint density at radius 2 is 1.62 bits per heavy atom. The Morgan fingerprint density at radius 3 is 2.34 bits per heavy atom. The molecule has 0 radical (unpaired) electrons. The van der Waals surface area contributed by atoms with Crippen LogP contribution in [-0.4, -0.2) is 0 Å². The molecule has 0 heteroatoms. The van der Waals surface area contributed by atoms with Gasteiger partial charge in [-0.15, -0.1) is 0 Å². The first-order valence-electron chi connectivity index (χ1n) is 13.3. The van der Waals surface area contributed by atoms with Gasteiger partial charge < -0.3 is 0 Å². The Morgan fingerprint density at radius 1 is 0.897 bits per heavy atom. The number of hydrogen-bond acceptors (Lipinski definition) is 0. The minimum atomic E-state index is 0.509. The quantitative estimate of drug-likeness (QED) is 0.327. The summed E-state index contributed by atoms with van der Waals surface area (Å²) in [6.07, 6.45) is 19.0. The third-order valence-corrected chi connectivity index (χ3v) is 11.0. The van der Waals surface area contributed by atoms with Gasteiger partial charge in [-0.2, -0.15) is 0 Å². The van der Waals surface area contributed by atoms with E-state index in [4.69, 9.17) is 0 Å². The fraction of sp³-hybridized carbons (Fsp3) is 0.931. The summed E-state index contributed by atoms with van der Waals surface area (Å²) in [5.74, 6) is 5.61. The van der Waals surface area contributed by atoms with Crippen molar-refractivity contribution in [3.63, 3.8) is 0 Å². The highest BCUT2D eigenvalue weighted by atomic mass is 14.6. The van der Waals surface area contributed by atoms with E-state index in [-0.39, 0.29) is 0 Å². The smallest absolute Gasteiger partial charge is 0.0143 e. The molecule has 0 nitrogen and oxygen atoms in total. The number of rotatable bonds is 4. The van der Waals surface area contributed by atoms with Crippen molar-refractivity contribution in [2.24, 2.45) is 51.8 Å². The van der Waals surface area contributed by atoms with E-state index in [1.165, 1.54) is 70.6 Å². The molecule has 0 bridgehead atoms. The summed E-state index contributed by atoms with van der Waals surface area (Å²) in [6.45, 7) is 17.7. The summed E-state index contributed by atoms with van der Waals surface area (Å²) in [6, 6.07) is 0. The summed E-state index contributed by atoms with van der Waals surface area (Å²) >= 11 is 0. The Hall–Kier alpha value is -0.260. The Labute approximate surface area is 182 Å². The topological polar surface area (TPSA) is 0 Å². The fourth-order valence-electron chi connectivity index (χ4n) is 8.76. The Balaban J connectivity index is 1.46. The molecule has 3 fully saturated rings. The summed E-state index contributed by atoms with van der Waals surface area (Å²) in [7, 11) is 0. The van der Waals surface area contributed by atoms with Crippen LogP contribution < -0.4 is 0 Å². The van der Waals surface area contributed by atoms with Crippen LogP contribution >= 0.6 is 0 Å². The maximum absolute atomic E-state index is 2.76. The zero-order valence-electron chi connectivity index (χ0n) is 20.8. The second-order valence-electron chi connectivity index (χ2n) is 13.6. The van der Waals surface area contributed by atoms with Crippen LogP contribution in [0.15, 0.2) is 11.6 Å². The molecule has 0 aromatic carbocycles. The SMILES string of the molecule is CC1CCC2C(=CCC3C4CCC(CCCCC(C)(C)C)C4(C)CCC23C)C1C. The van der Waals surface area contributed by atoms with E-state index >= 15 is 0 Å². The first-order chi connectivity index (χ1) is 13.6. The third-order valence-electron chi connectivity index (χ3n) is 11.0. The molecule has 0 saturated heterocycles. The van der Waals surface area contributed by atoms with E-state index in [1.807, 2.05) is 5.57 Å². The second-order valence-corrected chi connectivity index (χ2v) is 13.6. The molecule has 4 aliphatic carbocycles. The molecule has 29 heavy (non-hydrogen) atoms. The molecular weight excluding hydrogens is 348 g/mol. The molecule has 4 aliphatic rings. The van der Waals surface area contributed by atoms with Crippen LogP contribution in [0.4, 0.5) is 0 Å². The summed E-state index contributed by atoms with van der Waals surface area (Å²) in [5, 5.41) is 0. The van der Waals surface area contributed by atoms with Crippen molar-refractivity contribution < 1.29 is 0 Å². The van der Waals surface area contributed by atoms with E-state index in [9.17, 15) is 0 Å². The summed E-state index contributed by atoms with van der Waals surface area (Å²) < 4.78 is 0. The second kappa shape index (κ2) is 7.70. The number of hydrogen-bond donors (Lipinski definition) is 0. The monoisotopic (exact) mass is 398 g/mol. The van der Waals surface area contributed by atoms with Crippen LogP contribution in [0.1, 0.15) is 119 Å². The van der Waals surface area contributed by atoms with Crippen molar-refractivity contribution in [2.45, 2.75) is 119 Å². The molecule has 3 saturated carbocycles. The lowest BCUT2D eigenvalue weighted by Gasteiger charge is -2.60. The highest BCUT2D eigenvalue weighted by Crippen LogP contribution is 2.68. The molecule has 8 unspecified atom stereocenters. The molecule has 0 heterocycles. The van der Waals surface area contributed by atoms with Gasteiger partial charge in [-0.3, -0.25) is 0 Å². The van der Waals surface area contributed by atoms with Gasteiger partial charge in [0.15, 0.2) is 0 Å². The first-order valence-corrected chi connectivity index (χ1v) is 13.3. The van der Waals surface area contributed by atoms with Gasteiger partial charge >= 0.3 is 0 Å². The average molecular weight is 399 g/mol. The highest BCUT2D eigenvalue weighted by Gasteiger charge is 2.60. The van der Waals surface area contributed by atoms with E-state index in [1.54, 1.807) is 0 Å². The largest absolute Gasteiger partial charge is 0.0844 e. The van der Waals surface area contributed by atoms with Crippen molar-refractivity contribution in [3.8, 4) is 0 Å². The van der Waals surface area contributed by atoms with E-state index in [0.29, 0.717) is 16.2 Å². The minimum Gasteiger partial charge on any atom is -0.0844 e. The van der Waals surface area contributed by atoms with Crippen LogP contribution in [0.25, 0.3) is 0 Å². The Kier molecular flexibility index (Phi) is 5.83. The van der Waals surface area contributed by atoms with Crippen LogP contribution in [-0.2, 0) is 0 Å².